The summed E-state index contributed by atoms with van der Waals surface area (Å²) in [6.45, 7) is 0.553. The minimum atomic E-state index is -0.972. The van der Waals surface area contributed by atoms with E-state index in [9.17, 15) is 14.7 Å². The van der Waals surface area contributed by atoms with Gasteiger partial charge in [-0.2, -0.15) is 0 Å². The van der Waals surface area contributed by atoms with Gasteiger partial charge in [0.25, 0.3) is 0 Å². The molecule has 1 saturated carbocycles. The lowest BCUT2D eigenvalue weighted by molar-refractivity contribution is -0.0119. The Kier molecular flexibility index (Phi) is 8.32. The first-order valence-electron chi connectivity index (χ1n) is 11.9. The van der Waals surface area contributed by atoms with Gasteiger partial charge in [-0.3, -0.25) is 5.32 Å². The second kappa shape index (κ2) is 11.8. The van der Waals surface area contributed by atoms with Gasteiger partial charge >= 0.3 is 12.0 Å². The van der Waals surface area contributed by atoms with Crippen LogP contribution in [0.3, 0.4) is 0 Å². The molecule has 11 heteroatoms. The van der Waals surface area contributed by atoms with Crippen molar-refractivity contribution in [3.05, 3.63) is 41.7 Å². The van der Waals surface area contributed by atoms with Gasteiger partial charge in [0.2, 0.25) is 0 Å². The van der Waals surface area contributed by atoms with Crippen LogP contribution in [0.5, 0.6) is 0 Å². The molecule has 0 spiro atoms. The van der Waals surface area contributed by atoms with E-state index < -0.39 is 5.97 Å². The number of amides is 2. The Balaban J connectivity index is 1.28. The van der Waals surface area contributed by atoms with Crippen molar-refractivity contribution in [1.29, 1.82) is 0 Å². The molecule has 11 nitrogen and oxygen atoms in total. The number of anilines is 3. The van der Waals surface area contributed by atoms with Crippen LogP contribution in [-0.2, 0) is 16.1 Å². The molecule has 1 aliphatic heterocycles. The molecule has 35 heavy (non-hydrogen) atoms. The summed E-state index contributed by atoms with van der Waals surface area (Å²) in [5.41, 5.74) is 1.44. The van der Waals surface area contributed by atoms with Gasteiger partial charge in [0.1, 0.15) is 18.2 Å². The average Bonchev–Trinajstić information content (AvgIpc) is 3.51. The number of urea groups is 1. The number of carboxylic acid groups (broad SMARTS) is 1. The lowest BCUT2D eigenvalue weighted by Crippen LogP contribution is -2.36. The smallest absolute Gasteiger partial charge is 0.336 e. The third kappa shape index (κ3) is 6.58. The fraction of sp³-hybridized carbons (Fsp3) is 0.500. The van der Waals surface area contributed by atoms with Crippen molar-refractivity contribution in [2.45, 2.75) is 63.5 Å². The Hall–Kier alpha value is -3.44. The highest BCUT2D eigenvalue weighted by molar-refractivity contribution is 5.93. The number of nitrogens with one attached hydrogen (secondary N) is 4. The second-order valence-electron chi connectivity index (χ2n) is 8.72. The van der Waals surface area contributed by atoms with Crippen LogP contribution in [-0.4, -0.2) is 59.1 Å². The monoisotopic (exact) mass is 484 g/mol. The molecule has 4 rings (SSSR count). The summed E-state index contributed by atoms with van der Waals surface area (Å²) in [7, 11) is 1.74. The van der Waals surface area contributed by atoms with Crippen LogP contribution in [0.15, 0.2) is 30.6 Å². The number of rotatable bonds is 10. The van der Waals surface area contributed by atoms with Crippen molar-refractivity contribution in [2.24, 2.45) is 0 Å². The molecule has 1 aliphatic carbocycles. The molecule has 1 aromatic heterocycles. The first-order chi connectivity index (χ1) is 17.0. The molecule has 0 bridgehead atoms. The summed E-state index contributed by atoms with van der Waals surface area (Å²) in [6, 6.07) is 6.72. The third-order valence-electron chi connectivity index (χ3n) is 6.23. The van der Waals surface area contributed by atoms with Crippen LogP contribution in [0, 0.1) is 0 Å². The van der Waals surface area contributed by atoms with Crippen molar-refractivity contribution in [3.63, 3.8) is 0 Å². The zero-order valence-electron chi connectivity index (χ0n) is 19.8. The Morgan fingerprint density at radius 2 is 1.89 bits per heavy atom. The maximum atomic E-state index is 12.4. The quantitative estimate of drug-likeness (QED) is 0.342. The SMILES string of the molecule is CNc1c(NC(=O)NC2CCCC2)ncnc1N[C@H]1CC[C@@H](COCc2ccccc2C(=O)O)O1. The zero-order valence-corrected chi connectivity index (χ0v) is 19.8. The van der Waals surface area contributed by atoms with E-state index in [0.29, 0.717) is 29.5 Å². The Bertz CT molecular complexity index is 1030. The standard InChI is InChI=1S/C24H32N6O5/c1-25-20-21(26-14-27-22(20)30-24(33)28-16-7-3-4-8-16)29-19-11-10-17(35-19)13-34-12-15-6-2-5-9-18(15)23(31)32/h2,5-6,9,14,16-17,19,25H,3-4,7-8,10-13H2,1H3,(H,31,32)(H3,26,27,28,29,30,33)/t17-,19+/m0/s1. The van der Waals surface area contributed by atoms with Crippen molar-refractivity contribution in [1.82, 2.24) is 15.3 Å². The maximum absolute atomic E-state index is 12.4. The molecule has 0 radical (unpaired) electrons. The Morgan fingerprint density at radius 3 is 2.66 bits per heavy atom. The third-order valence-corrected chi connectivity index (χ3v) is 6.23. The molecular weight excluding hydrogens is 452 g/mol. The summed E-state index contributed by atoms with van der Waals surface area (Å²) in [5.74, 6) is -0.0586. The largest absolute Gasteiger partial charge is 0.478 e. The van der Waals surface area contributed by atoms with Gasteiger partial charge in [-0.1, -0.05) is 31.0 Å². The van der Waals surface area contributed by atoms with E-state index in [4.69, 9.17) is 9.47 Å². The van der Waals surface area contributed by atoms with Crippen molar-refractivity contribution in [2.75, 3.05) is 29.6 Å². The highest BCUT2D eigenvalue weighted by Gasteiger charge is 2.27. The van der Waals surface area contributed by atoms with E-state index in [1.165, 1.54) is 6.33 Å². The Morgan fingerprint density at radius 1 is 1.11 bits per heavy atom. The first kappa shape index (κ1) is 24.7. The van der Waals surface area contributed by atoms with Crippen molar-refractivity contribution in [3.8, 4) is 0 Å². The lowest BCUT2D eigenvalue weighted by atomic mass is 10.1. The molecule has 1 saturated heterocycles. The number of carbonyl (C=O) groups is 2. The molecule has 2 amide bonds. The van der Waals surface area contributed by atoms with Crippen LogP contribution >= 0.6 is 0 Å². The minimum Gasteiger partial charge on any atom is -0.478 e. The summed E-state index contributed by atoms with van der Waals surface area (Å²) in [4.78, 5) is 32.3. The normalized spacial score (nSPS) is 19.9. The zero-order chi connectivity index (χ0) is 24.6. The summed E-state index contributed by atoms with van der Waals surface area (Å²) in [6.07, 6.45) is 6.79. The molecule has 5 N–H and O–H groups in total. The molecule has 2 fully saturated rings. The van der Waals surface area contributed by atoms with Crippen LogP contribution in [0.1, 0.15) is 54.4 Å². The fourth-order valence-corrected chi connectivity index (χ4v) is 4.47. The molecule has 2 aromatic rings. The van der Waals surface area contributed by atoms with Gasteiger partial charge in [0.15, 0.2) is 11.6 Å². The van der Waals surface area contributed by atoms with Gasteiger partial charge in [0.05, 0.1) is 24.9 Å². The van der Waals surface area contributed by atoms with Crippen molar-refractivity contribution >= 4 is 29.3 Å². The molecule has 2 aliphatic rings. The minimum absolute atomic E-state index is 0.126. The molecule has 1 aromatic carbocycles. The number of aromatic nitrogens is 2. The number of benzene rings is 1. The highest BCUT2D eigenvalue weighted by atomic mass is 16.5. The van der Waals surface area contributed by atoms with Gasteiger partial charge in [-0.25, -0.2) is 19.6 Å². The molecule has 188 valence electrons. The van der Waals surface area contributed by atoms with Gasteiger partial charge in [0, 0.05) is 13.1 Å². The average molecular weight is 485 g/mol. The summed E-state index contributed by atoms with van der Waals surface area (Å²) in [5, 5.41) is 21.4. The predicted molar refractivity (Wildman–Crippen MR) is 131 cm³/mol. The summed E-state index contributed by atoms with van der Waals surface area (Å²) >= 11 is 0. The van der Waals surface area contributed by atoms with E-state index >= 15 is 0 Å². The van der Waals surface area contributed by atoms with E-state index in [2.05, 4.69) is 31.2 Å². The van der Waals surface area contributed by atoms with Crippen LogP contribution in [0.25, 0.3) is 0 Å². The number of hydrogen-bond donors (Lipinski definition) is 5. The number of carboxylic acids is 1. The number of aromatic carboxylic acids is 1. The first-order valence-corrected chi connectivity index (χ1v) is 11.9. The number of ether oxygens (including phenoxy) is 2. The van der Waals surface area contributed by atoms with E-state index in [-0.39, 0.29) is 36.6 Å². The molecule has 2 atom stereocenters. The molecule has 2 heterocycles. The van der Waals surface area contributed by atoms with Crippen molar-refractivity contribution < 1.29 is 24.2 Å². The topological polar surface area (TPSA) is 147 Å². The maximum Gasteiger partial charge on any atom is 0.336 e. The van der Waals surface area contributed by atoms with Gasteiger partial charge < -0.3 is 30.5 Å². The number of hydrogen-bond acceptors (Lipinski definition) is 8. The van der Waals surface area contributed by atoms with Crippen LogP contribution < -0.4 is 21.3 Å². The van der Waals surface area contributed by atoms with Crippen LogP contribution in [0.4, 0.5) is 22.1 Å². The van der Waals surface area contributed by atoms with E-state index in [1.54, 1.807) is 31.3 Å². The highest BCUT2D eigenvalue weighted by Crippen LogP contribution is 2.29. The van der Waals surface area contributed by atoms with E-state index in [1.807, 2.05) is 0 Å². The lowest BCUT2D eigenvalue weighted by Gasteiger charge is -2.19. The van der Waals surface area contributed by atoms with E-state index in [0.717, 1.165) is 38.5 Å². The number of carbonyl (C=O) groups excluding carboxylic acids is 1. The fourth-order valence-electron chi connectivity index (χ4n) is 4.47. The Labute approximate surface area is 204 Å². The predicted octanol–water partition coefficient (Wildman–Crippen LogP) is 3.41. The molecule has 0 unspecified atom stereocenters. The second-order valence-corrected chi connectivity index (χ2v) is 8.72. The van der Waals surface area contributed by atoms with Crippen LogP contribution in [0.2, 0.25) is 0 Å². The van der Waals surface area contributed by atoms with Gasteiger partial charge in [-0.05, 0) is 37.3 Å². The summed E-state index contributed by atoms with van der Waals surface area (Å²) < 4.78 is 11.8. The molecular formula is C24H32N6O5. The number of nitrogens with zero attached hydrogens (tertiary/aromatic N) is 2. The van der Waals surface area contributed by atoms with Gasteiger partial charge in [-0.15, -0.1) is 0 Å².